The average Bonchev–Trinajstić information content (AvgIpc) is 2.86. The van der Waals surface area contributed by atoms with Gasteiger partial charge in [0.1, 0.15) is 12.0 Å². The molecule has 40 heavy (non-hydrogen) atoms. The summed E-state index contributed by atoms with van der Waals surface area (Å²) in [5.41, 5.74) is -3.72. The average molecular weight is 575 g/mol. The predicted molar refractivity (Wildman–Crippen MR) is 128 cm³/mol. The molecule has 0 spiro atoms. The summed E-state index contributed by atoms with van der Waals surface area (Å²) in [5, 5.41) is 29.4. The lowest BCUT2D eigenvalue weighted by Gasteiger charge is -2.21. The van der Waals surface area contributed by atoms with Crippen LogP contribution in [0.3, 0.4) is 0 Å². The van der Waals surface area contributed by atoms with Crippen molar-refractivity contribution in [1.82, 2.24) is 16.0 Å². The quantitative estimate of drug-likeness (QED) is 0.209. The normalized spacial score (nSPS) is 16.3. The number of aromatic hydroxyl groups is 1. The first-order chi connectivity index (χ1) is 18.7. The van der Waals surface area contributed by atoms with Crippen LogP contribution in [-0.4, -0.2) is 60.0 Å². The smallest absolute Gasteiger partial charge is 0.416 e. The number of hydrogen-bond donors (Lipinski definition) is 6. The molecule has 216 valence electrons. The van der Waals surface area contributed by atoms with Crippen LogP contribution < -0.4 is 21.3 Å². The van der Waals surface area contributed by atoms with Gasteiger partial charge in [-0.05, 0) is 35.9 Å². The number of carbonyl (C=O) groups excluding carboxylic acids is 3. The molecule has 0 saturated carbocycles. The third kappa shape index (κ3) is 8.33. The minimum absolute atomic E-state index is 0.0812. The summed E-state index contributed by atoms with van der Waals surface area (Å²) in [6, 6.07) is 2.82. The van der Waals surface area contributed by atoms with Gasteiger partial charge in [-0.3, -0.25) is 14.6 Å². The molecule has 3 rings (SSSR count). The van der Waals surface area contributed by atoms with Gasteiger partial charge in [-0.25, -0.2) is 0 Å². The molecule has 2 aromatic carbocycles. The second-order valence-corrected chi connectivity index (χ2v) is 8.66. The summed E-state index contributed by atoms with van der Waals surface area (Å²) in [5.74, 6) is -1.92. The molecule has 0 fully saturated rings. The summed E-state index contributed by atoms with van der Waals surface area (Å²) in [7, 11) is 0. The van der Waals surface area contributed by atoms with Crippen molar-refractivity contribution in [3.05, 3.63) is 58.7 Å². The lowest BCUT2D eigenvalue weighted by molar-refractivity contribution is -0.143. The Morgan fingerprint density at radius 3 is 2.25 bits per heavy atom. The Hall–Kier alpha value is -4.34. The van der Waals surface area contributed by atoms with Crippen molar-refractivity contribution in [2.75, 3.05) is 25.0 Å². The Balaban J connectivity index is 1.71. The third-order valence-corrected chi connectivity index (χ3v) is 5.50. The van der Waals surface area contributed by atoms with Crippen molar-refractivity contribution in [2.45, 2.75) is 30.9 Å². The van der Waals surface area contributed by atoms with Crippen molar-refractivity contribution in [3.8, 4) is 5.75 Å². The summed E-state index contributed by atoms with van der Waals surface area (Å²) in [6.07, 6.45) is -11.4. The van der Waals surface area contributed by atoms with E-state index in [2.05, 4.69) is 26.3 Å². The van der Waals surface area contributed by atoms with Gasteiger partial charge in [-0.2, -0.15) is 26.3 Å². The minimum atomic E-state index is -5.13. The van der Waals surface area contributed by atoms with Gasteiger partial charge >= 0.3 is 12.4 Å². The molecule has 16 heteroatoms. The number of phenolic OH excluding ortho intramolecular Hbond substituents is 1. The number of benzene rings is 2. The molecule has 2 atom stereocenters. The molecule has 0 radical (unpaired) electrons. The maximum absolute atomic E-state index is 13.2. The van der Waals surface area contributed by atoms with Crippen LogP contribution in [0.1, 0.15) is 39.5 Å². The van der Waals surface area contributed by atoms with E-state index in [1.165, 1.54) is 12.1 Å². The zero-order valence-electron chi connectivity index (χ0n) is 20.4. The summed E-state index contributed by atoms with van der Waals surface area (Å²) in [4.78, 5) is 40.1. The largest absolute Gasteiger partial charge is 0.508 e. The van der Waals surface area contributed by atoms with Gasteiger partial charge in [0.05, 0.1) is 36.4 Å². The predicted octanol–water partition coefficient (Wildman–Crippen LogP) is 2.34. The molecule has 1 unspecified atom stereocenters. The Morgan fingerprint density at radius 1 is 1.05 bits per heavy atom. The molecule has 1 heterocycles. The Kier molecular flexibility index (Phi) is 9.24. The molecule has 1 aliphatic rings. The van der Waals surface area contributed by atoms with Gasteiger partial charge < -0.3 is 36.3 Å². The van der Waals surface area contributed by atoms with Crippen LogP contribution in [0.15, 0.2) is 41.4 Å². The summed E-state index contributed by atoms with van der Waals surface area (Å²) < 4.78 is 79.2. The number of anilines is 1. The van der Waals surface area contributed by atoms with E-state index < -0.39 is 66.0 Å². The maximum Gasteiger partial charge on any atom is 0.416 e. The van der Waals surface area contributed by atoms with E-state index in [0.717, 1.165) is 6.07 Å². The molecule has 0 bridgehead atoms. The molecule has 2 aromatic rings. The van der Waals surface area contributed by atoms with Crippen molar-refractivity contribution < 1.29 is 50.9 Å². The lowest BCUT2D eigenvalue weighted by atomic mass is 9.97. The third-order valence-electron chi connectivity index (χ3n) is 5.50. The second-order valence-electron chi connectivity index (χ2n) is 8.66. The van der Waals surface area contributed by atoms with Crippen LogP contribution in [0.2, 0.25) is 0 Å². The number of halogens is 6. The zero-order chi connectivity index (χ0) is 29.7. The number of amides is 2. The molecular formula is C24H23F6N5O5. The standard InChI is InChI=1S/C24H23F6N5O5/c25-23(26,27)14-3-12(4-15(7-14)24(28,29)30)19(1-2-36)35-20(39)11-31-21(40)13-5-16(8-17(37)6-13)34-22-32-9-18(38)10-33-22/h2-8,18-19,37-38H,1,9-11H2,(H,31,40)(H,35,39)(H2,32,33,34)/t19-/m0/s1. The first kappa shape index (κ1) is 30.2. The lowest BCUT2D eigenvalue weighted by Crippen LogP contribution is -2.42. The number of phenols is 1. The number of guanidine groups is 1. The maximum atomic E-state index is 13.2. The van der Waals surface area contributed by atoms with Crippen molar-refractivity contribution in [2.24, 2.45) is 4.99 Å². The Labute approximate surface area is 222 Å². The van der Waals surface area contributed by atoms with Gasteiger partial charge in [0.25, 0.3) is 5.91 Å². The topological polar surface area (TPSA) is 152 Å². The monoisotopic (exact) mass is 575 g/mol. The number of β-amino-alcohol motifs (C(OH)–C–C–N with tert-alkyl or cyclic N) is 1. The number of carbonyl (C=O) groups is 3. The molecule has 6 N–H and O–H groups in total. The summed E-state index contributed by atoms with van der Waals surface area (Å²) in [6.45, 7) is -0.417. The fourth-order valence-electron chi connectivity index (χ4n) is 3.63. The number of hydrogen-bond acceptors (Lipinski definition) is 8. The first-order valence-corrected chi connectivity index (χ1v) is 11.5. The molecule has 10 nitrogen and oxygen atoms in total. The van der Waals surface area contributed by atoms with E-state index in [9.17, 15) is 50.9 Å². The highest BCUT2D eigenvalue weighted by Crippen LogP contribution is 2.37. The van der Waals surface area contributed by atoms with E-state index >= 15 is 0 Å². The van der Waals surface area contributed by atoms with Gasteiger partial charge in [0, 0.05) is 30.3 Å². The van der Waals surface area contributed by atoms with Crippen LogP contribution in [-0.2, 0) is 21.9 Å². The highest BCUT2D eigenvalue weighted by atomic mass is 19.4. The molecule has 1 aliphatic heterocycles. The minimum Gasteiger partial charge on any atom is -0.508 e. The zero-order valence-corrected chi connectivity index (χ0v) is 20.4. The summed E-state index contributed by atoms with van der Waals surface area (Å²) >= 11 is 0. The number of aldehydes is 1. The number of nitrogens with one attached hydrogen (secondary N) is 4. The van der Waals surface area contributed by atoms with E-state index in [1.54, 1.807) is 0 Å². The Bertz CT molecular complexity index is 1270. The van der Waals surface area contributed by atoms with Crippen molar-refractivity contribution in [3.63, 3.8) is 0 Å². The number of aliphatic hydroxyl groups is 1. The van der Waals surface area contributed by atoms with Gasteiger partial charge in [-0.1, -0.05) is 0 Å². The first-order valence-electron chi connectivity index (χ1n) is 11.5. The van der Waals surface area contributed by atoms with Crippen LogP contribution in [0.5, 0.6) is 5.75 Å². The fourth-order valence-corrected chi connectivity index (χ4v) is 3.63. The van der Waals surface area contributed by atoms with E-state index in [1.807, 2.05) is 0 Å². The van der Waals surface area contributed by atoms with Gasteiger partial charge in [0.15, 0.2) is 5.96 Å². The number of alkyl halides is 6. The van der Waals surface area contributed by atoms with Crippen LogP contribution in [0.25, 0.3) is 0 Å². The Morgan fingerprint density at radius 2 is 1.70 bits per heavy atom. The second kappa shape index (κ2) is 12.2. The number of aliphatic imine (C=N–C) groups is 1. The molecule has 0 aromatic heterocycles. The van der Waals surface area contributed by atoms with Crippen molar-refractivity contribution >= 4 is 29.7 Å². The van der Waals surface area contributed by atoms with E-state index in [4.69, 9.17) is 0 Å². The van der Waals surface area contributed by atoms with E-state index in [0.29, 0.717) is 12.1 Å². The highest BCUT2D eigenvalue weighted by molar-refractivity contribution is 6.00. The molecule has 0 aliphatic carbocycles. The van der Waals surface area contributed by atoms with Crippen LogP contribution in [0, 0.1) is 0 Å². The van der Waals surface area contributed by atoms with Crippen molar-refractivity contribution in [1.29, 1.82) is 0 Å². The fraction of sp³-hybridized carbons (Fsp3) is 0.333. The highest BCUT2D eigenvalue weighted by Gasteiger charge is 2.37. The molecular weight excluding hydrogens is 552 g/mol. The van der Waals surface area contributed by atoms with Crippen LogP contribution >= 0.6 is 0 Å². The molecule has 0 saturated heterocycles. The van der Waals surface area contributed by atoms with Gasteiger partial charge in [0.2, 0.25) is 5.91 Å². The molecule has 2 amide bonds. The van der Waals surface area contributed by atoms with Gasteiger partial charge in [-0.15, -0.1) is 0 Å². The SMILES string of the molecule is O=CC[C@H](NC(=O)CNC(=O)c1cc(O)cc(NC2=NCC(O)CN2)c1)c1cc(C(F)(F)F)cc(C(F)(F)F)c1. The van der Waals surface area contributed by atoms with Crippen LogP contribution in [0.4, 0.5) is 32.0 Å². The number of rotatable bonds is 8. The number of nitrogens with zero attached hydrogens (tertiary/aromatic N) is 1. The van der Waals surface area contributed by atoms with E-state index in [-0.39, 0.29) is 48.4 Å². The number of aliphatic hydroxyl groups excluding tert-OH is 1.